The van der Waals surface area contributed by atoms with Crippen LogP contribution in [-0.2, 0) is 4.74 Å². The van der Waals surface area contributed by atoms with Crippen molar-refractivity contribution in [2.24, 2.45) is 0 Å². The number of carbonyl (C=O) groups is 1. The molecule has 1 aliphatic heterocycles. The van der Waals surface area contributed by atoms with E-state index < -0.39 is 5.60 Å². The summed E-state index contributed by atoms with van der Waals surface area (Å²) in [5.41, 5.74) is 1.55. The van der Waals surface area contributed by atoms with Crippen LogP contribution in [0.25, 0.3) is 22.4 Å². The molecule has 3 heterocycles. The molecule has 5 rings (SSSR count). The van der Waals surface area contributed by atoms with E-state index in [2.05, 4.69) is 27.1 Å². The van der Waals surface area contributed by atoms with Crippen LogP contribution in [0.1, 0.15) is 70.7 Å². The number of hydrogen-bond acceptors (Lipinski definition) is 6. The van der Waals surface area contributed by atoms with E-state index in [1.807, 2.05) is 33.0 Å². The first-order valence-electron chi connectivity index (χ1n) is 11.2. The topological polar surface area (TPSA) is 86.3 Å². The third kappa shape index (κ3) is 4.03. The van der Waals surface area contributed by atoms with Crippen LogP contribution in [0.3, 0.4) is 0 Å². The average molecular weight is 424 g/mol. The van der Waals surface area contributed by atoms with E-state index in [0.29, 0.717) is 30.8 Å². The third-order valence-electron chi connectivity index (χ3n) is 6.22. The minimum atomic E-state index is -0.481. The number of rotatable bonds is 3. The van der Waals surface area contributed by atoms with Gasteiger partial charge in [-0.25, -0.2) is 4.79 Å². The molecule has 2 fully saturated rings. The third-order valence-corrected chi connectivity index (χ3v) is 6.22. The molecule has 1 aliphatic carbocycles. The second-order valence-electron chi connectivity index (χ2n) is 9.65. The zero-order valence-corrected chi connectivity index (χ0v) is 18.4. The highest BCUT2D eigenvalue weighted by atomic mass is 16.6. The fourth-order valence-electron chi connectivity index (χ4n) is 4.26. The number of fused-ring (bicyclic) bond motifs is 1. The number of benzene rings is 1. The van der Waals surface area contributed by atoms with Crippen molar-refractivity contribution in [1.82, 2.24) is 24.8 Å². The highest BCUT2D eigenvalue weighted by Crippen LogP contribution is 2.35. The standard InChI is InChI=1S/C23H29N5O3/c1-23(2,3)30-22(29)27-11-9-15(10-12-27)20-25-21(31-26-20)16-7-8-17-14-24-28(19(17)13-16)18-5-4-6-18/h7-8,13-15,18H,4-6,9-12H2,1-3H3. The first kappa shape index (κ1) is 20.0. The lowest BCUT2D eigenvalue weighted by Gasteiger charge is -2.32. The molecule has 2 aliphatic rings. The zero-order chi connectivity index (χ0) is 21.6. The Labute approximate surface area is 181 Å². The Balaban J connectivity index is 1.28. The fraction of sp³-hybridized carbons (Fsp3) is 0.565. The molecular weight excluding hydrogens is 394 g/mol. The van der Waals surface area contributed by atoms with E-state index in [-0.39, 0.29) is 12.0 Å². The molecule has 0 N–H and O–H groups in total. The van der Waals surface area contributed by atoms with E-state index >= 15 is 0 Å². The van der Waals surface area contributed by atoms with E-state index in [1.54, 1.807) is 4.90 Å². The van der Waals surface area contributed by atoms with Gasteiger partial charge in [0, 0.05) is 30.0 Å². The van der Waals surface area contributed by atoms with Crippen molar-refractivity contribution >= 4 is 17.0 Å². The van der Waals surface area contributed by atoms with Gasteiger partial charge in [-0.05, 0) is 65.0 Å². The van der Waals surface area contributed by atoms with Gasteiger partial charge < -0.3 is 14.2 Å². The second-order valence-corrected chi connectivity index (χ2v) is 9.65. The van der Waals surface area contributed by atoms with Crippen LogP contribution in [0.15, 0.2) is 28.9 Å². The molecule has 0 radical (unpaired) electrons. The van der Waals surface area contributed by atoms with Crippen molar-refractivity contribution in [3.05, 3.63) is 30.2 Å². The minimum Gasteiger partial charge on any atom is -0.444 e. The minimum absolute atomic E-state index is 0.181. The SMILES string of the molecule is CC(C)(C)OC(=O)N1CCC(c2noc(-c3ccc4cnn(C5CCC5)c4c3)n2)CC1. The van der Waals surface area contributed by atoms with E-state index in [9.17, 15) is 4.79 Å². The Morgan fingerprint density at radius 2 is 1.94 bits per heavy atom. The molecule has 8 nitrogen and oxygen atoms in total. The summed E-state index contributed by atoms with van der Waals surface area (Å²) in [6.45, 7) is 6.92. The van der Waals surface area contributed by atoms with Crippen LogP contribution in [-0.4, -0.2) is 49.6 Å². The fourth-order valence-corrected chi connectivity index (χ4v) is 4.26. The van der Waals surface area contributed by atoms with Gasteiger partial charge in [0.2, 0.25) is 0 Å². The van der Waals surface area contributed by atoms with E-state index in [0.717, 1.165) is 29.3 Å². The molecule has 1 amide bonds. The smallest absolute Gasteiger partial charge is 0.410 e. The lowest BCUT2D eigenvalue weighted by atomic mass is 9.93. The Kier molecular flexibility index (Phi) is 4.95. The lowest BCUT2D eigenvalue weighted by molar-refractivity contribution is 0.0203. The normalized spacial score (nSPS) is 18.4. The van der Waals surface area contributed by atoms with Crippen molar-refractivity contribution in [2.45, 2.75) is 70.4 Å². The monoisotopic (exact) mass is 423 g/mol. The van der Waals surface area contributed by atoms with Crippen molar-refractivity contribution in [2.75, 3.05) is 13.1 Å². The number of amides is 1. The summed E-state index contributed by atoms with van der Waals surface area (Å²) >= 11 is 0. The number of aromatic nitrogens is 4. The van der Waals surface area contributed by atoms with Gasteiger partial charge in [-0.3, -0.25) is 4.68 Å². The lowest BCUT2D eigenvalue weighted by Crippen LogP contribution is -2.41. The summed E-state index contributed by atoms with van der Waals surface area (Å²) in [6, 6.07) is 6.68. The molecule has 3 aromatic rings. The van der Waals surface area contributed by atoms with Gasteiger partial charge in [0.15, 0.2) is 5.82 Å². The second kappa shape index (κ2) is 7.66. The van der Waals surface area contributed by atoms with Crippen LogP contribution in [0.4, 0.5) is 4.79 Å². The average Bonchev–Trinajstić information content (AvgIpc) is 3.33. The van der Waals surface area contributed by atoms with Gasteiger partial charge in [-0.1, -0.05) is 11.2 Å². The summed E-state index contributed by atoms with van der Waals surface area (Å²) in [5.74, 6) is 1.43. The summed E-state index contributed by atoms with van der Waals surface area (Å²) in [4.78, 5) is 18.7. The van der Waals surface area contributed by atoms with Gasteiger partial charge in [0.1, 0.15) is 5.60 Å². The van der Waals surface area contributed by atoms with Crippen LogP contribution < -0.4 is 0 Å². The first-order chi connectivity index (χ1) is 14.9. The Hall–Kier alpha value is -2.90. The summed E-state index contributed by atoms with van der Waals surface area (Å²) < 4.78 is 13.2. The van der Waals surface area contributed by atoms with Crippen molar-refractivity contribution in [1.29, 1.82) is 0 Å². The van der Waals surface area contributed by atoms with Crippen LogP contribution >= 0.6 is 0 Å². The summed E-state index contributed by atoms with van der Waals surface area (Å²) in [5, 5.41) is 9.97. The van der Waals surface area contributed by atoms with Gasteiger partial charge in [0.05, 0.1) is 17.8 Å². The summed E-state index contributed by atoms with van der Waals surface area (Å²) in [7, 11) is 0. The van der Waals surface area contributed by atoms with Crippen molar-refractivity contribution in [3.63, 3.8) is 0 Å². The molecule has 1 aromatic carbocycles. The Bertz CT molecular complexity index is 1080. The molecule has 0 spiro atoms. The number of ether oxygens (including phenoxy) is 1. The quantitative estimate of drug-likeness (QED) is 0.594. The van der Waals surface area contributed by atoms with Crippen molar-refractivity contribution in [3.8, 4) is 11.5 Å². The molecule has 1 saturated heterocycles. The van der Waals surface area contributed by atoms with Crippen LogP contribution in [0.5, 0.6) is 0 Å². The summed E-state index contributed by atoms with van der Waals surface area (Å²) in [6.07, 6.45) is 6.91. The maximum absolute atomic E-state index is 12.3. The van der Waals surface area contributed by atoms with Gasteiger partial charge in [0.25, 0.3) is 5.89 Å². The van der Waals surface area contributed by atoms with Gasteiger partial charge >= 0.3 is 6.09 Å². The van der Waals surface area contributed by atoms with Crippen molar-refractivity contribution < 1.29 is 14.1 Å². The zero-order valence-electron chi connectivity index (χ0n) is 18.4. The maximum Gasteiger partial charge on any atom is 0.410 e. The molecule has 0 unspecified atom stereocenters. The number of carbonyl (C=O) groups excluding carboxylic acids is 1. The Morgan fingerprint density at radius 3 is 2.61 bits per heavy atom. The highest BCUT2D eigenvalue weighted by Gasteiger charge is 2.30. The number of piperidine rings is 1. The molecule has 0 bridgehead atoms. The van der Waals surface area contributed by atoms with Gasteiger partial charge in [-0.2, -0.15) is 10.1 Å². The highest BCUT2D eigenvalue weighted by molar-refractivity contribution is 5.83. The Morgan fingerprint density at radius 1 is 1.16 bits per heavy atom. The molecule has 164 valence electrons. The molecule has 2 aromatic heterocycles. The molecular formula is C23H29N5O3. The largest absolute Gasteiger partial charge is 0.444 e. The molecule has 1 saturated carbocycles. The molecule has 31 heavy (non-hydrogen) atoms. The molecule has 0 atom stereocenters. The molecule has 8 heteroatoms. The van der Waals surface area contributed by atoms with Crippen LogP contribution in [0, 0.1) is 0 Å². The van der Waals surface area contributed by atoms with E-state index in [4.69, 9.17) is 14.2 Å². The number of likely N-dealkylation sites (tertiary alicyclic amines) is 1. The number of hydrogen-bond donors (Lipinski definition) is 0. The van der Waals surface area contributed by atoms with Gasteiger partial charge in [-0.15, -0.1) is 0 Å². The number of nitrogens with zero attached hydrogens (tertiary/aromatic N) is 5. The van der Waals surface area contributed by atoms with Crippen LogP contribution in [0.2, 0.25) is 0 Å². The first-order valence-corrected chi connectivity index (χ1v) is 11.2. The predicted octanol–water partition coefficient (Wildman–Crippen LogP) is 4.93. The van der Waals surface area contributed by atoms with E-state index in [1.165, 1.54) is 19.3 Å². The maximum atomic E-state index is 12.3. The predicted molar refractivity (Wildman–Crippen MR) is 116 cm³/mol.